The standard InChI is InChI=1S/C16H15F2N3O/c17-12-4-3-5-13(18)15(12)20-16(22)14-7-6-11(10-19-14)21-8-1-2-9-21/h3-7,10H,1-2,8-9H2,(H,20,22). The molecule has 0 aliphatic carbocycles. The number of hydrogen-bond donors (Lipinski definition) is 1. The molecule has 0 atom stereocenters. The second kappa shape index (κ2) is 6.09. The van der Waals surface area contributed by atoms with Crippen LogP contribution in [0.1, 0.15) is 23.3 Å². The third-order valence-corrected chi connectivity index (χ3v) is 3.65. The highest BCUT2D eigenvalue weighted by Gasteiger charge is 2.16. The molecular weight excluding hydrogens is 288 g/mol. The number of halogens is 2. The summed E-state index contributed by atoms with van der Waals surface area (Å²) in [6.45, 7) is 1.96. The minimum Gasteiger partial charge on any atom is -0.370 e. The lowest BCUT2D eigenvalue weighted by Gasteiger charge is -2.17. The summed E-state index contributed by atoms with van der Waals surface area (Å²) in [5, 5.41) is 2.22. The molecule has 3 rings (SSSR count). The van der Waals surface area contributed by atoms with Gasteiger partial charge in [-0.3, -0.25) is 4.79 Å². The Kier molecular flexibility index (Phi) is 4.00. The van der Waals surface area contributed by atoms with Crippen molar-refractivity contribution < 1.29 is 13.6 Å². The summed E-state index contributed by atoms with van der Waals surface area (Å²) < 4.78 is 27.0. The highest BCUT2D eigenvalue weighted by molar-refractivity contribution is 6.03. The van der Waals surface area contributed by atoms with Gasteiger partial charge in [-0.1, -0.05) is 6.07 Å². The van der Waals surface area contributed by atoms with Crippen molar-refractivity contribution in [1.82, 2.24) is 4.98 Å². The molecule has 2 aromatic rings. The first-order valence-electron chi connectivity index (χ1n) is 7.11. The van der Waals surface area contributed by atoms with E-state index in [-0.39, 0.29) is 5.69 Å². The van der Waals surface area contributed by atoms with E-state index in [0.29, 0.717) is 0 Å². The molecule has 1 fully saturated rings. The van der Waals surface area contributed by atoms with Gasteiger partial charge in [-0.25, -0.2) is 13.8 Å². The Hall–Kier alpha value is -2.50. The van der Waals surface area contributed by atoms with Crippen LogP contribution in [0, 0.1) is 11.6 Å². The van der Waals surface area contributed by atoms with E-state index in [0.717, 1.165) is 43.8 Å². The van der Waals surface area contributed by atoms with Crippen molar-refractivity contribution in [2.45, 2.75) is 12.8 Å². The van der Waals surface area contributed by atoms with Gasteiger partial charge in [0, 0.05) is 13.1 Å². The third kappa shape index (κ3) is 2.90. The van der Waals surface area contributed by atoms with E-state index < -0.39 is 23.2 Å². The highest BCUT2D eigenvalue weighted by Crippen LogP contribution is 2.21. The van der Waals surface area contributed by atoms with E-state index >= 15 is 0 Å². The van der Waals surface area contributed by atoms with Gasteiger partial charge in [0.15, 0.2) is 0 Å². The van der Waals surface area contributed by atoms with E-state index in [1.165, 1.54) is 6.07 Å². The van der Waals surface area contributed by atoms with Gasteiger partial charge in [0.1, 0.15) is 23.0 Å². The number of nitrogens with one attached hydrogen (secondary N) is 1. The summed E-state index contributed by atoms with van der Waals surface area (Å²) in [7, 11) is 0. The first-order chi connectivity index (χ1) is 10.6. The van der Waals surface area contributed by atoms with Gasteiger partial charge in [0.05, 0.1) is 11.9 Å². The van der Waals surface area contributed by atoms with Crippen molar-refractivity contribution in [2.75, 3.05) is 23.3 Å². The average Bonchev–Trinajstić information content (AvgIpc) is 3.05. The molecule has 114 valence electrons. The number of amides is 1. The number of hydrogen-bond acceptors (Lipinski definition) is 3. The first-order valence-corrected chi connectivity index (χ1v) is 7.11. The second-order valence-corrected chi connectivity index (χ2v) is 5.15. The van der Waals surface area contributed by atoms with Crippen LogP contribution in [0.3, 0.4) is 0 Å². The normalized spacial score (nSPS) is 14.2. The van der Waals surface area contributed by atoms with Crippen LogP contribution in [-0.2, 0) is 0 Å². The third-order valence-electron chi connectivity index (χ3n) is 3.65. The maximum Gasteiger partial charge on any atom is 0.274 e. The molecule has 0 unspecified atom stereocenters. The monoisotopic (exact) mass is 303 g/mol. The van der Waals surface area contributed by atoms with Gasteiger partial charge in [0.2, 0.25) is 0 Å². The van der Waals surface area contributed by atoms with E-state index in [1.54, 1.807) is 18.3 Å². The Morgan fingerprint density at radius 3 is 2.36 bits per heavy atom. The number of carbonyl (C=O) groups excluding carboxylic acids is 1. The van der Waals surface area contributed by atoms with E-state index in [2.05, 4.69) is 15.2 Å². The zero-order valence-electron chi connectivity index (χ0n) is 11.9. The van der Waals surface area contributed by atoms with Crippen molar-refractivity contribution in [1.29, 1.82) is 0 Å². The topological polar surface area (TPSA) is 45.2 Å². The summed E-state index contributed by atoms with van der Waals surface area (Å²) in [5.41, 5.74) is 0.606. The molecule has 0 spiro atoms. The molecule has 4 nitrogen and oxygen atoms in total. The summed E-state index contributed by atoms with van der Waals surface area (Å²) in [6, 6.07) is 6.77. The van der Waals surface area contributed by atoms with Crippen molar-refractivity contribution in [3.63, 3.8) is 0 Å². The van der Waals surface area contributed by atoms with Crippen LogP contribution in [0.25, 0.3) is 0 Å². The number of aromatic nitrogens is 1. The molecule has 1 aromatic carbocycles. The molecule has 1 aliphatic heterocycles. The predicted molar refractivity (Wildman–Crippen MR) is 80.0 cm³/mol. The van der Waals surface area contributed by atoms with Gasteiger partial charge in [0.25, 0.3) is 5.91 Å². The zero-order chi connectivity index (χ0) is 15.5. The molecule has 1 amide bonds. The fraction of sp³-hybridized carbons (Fsp3) is 0.250. The predicted octanol–water partition coefficient (Wildman–Crippen LogP) is 3.21. The van der Waals surface area contributed by atoms with Crippen LogP contribution in [0.5, 0.6) is 0 Å². The lowest BCUT2D eigenvalue weighted by Crippen LogP contribution is -2.19. The summed E-state index contributed by atoms with van der Waals surface area (Å²) in [5.74, 6) is -2.28. The maximum atomic E-state index is 13.5. The molecule has 22 heavy (non-hydrogen) atoms. The Morgan fingerprint density at radius 1 is 1.09 bits per heavy atom. The van der Waals surface area contributed by atoms with Crippen molar-refractivity contribution in [2.24, 2.45) is 0 Å². The van der Waals surface area contributed by atoms with Gasteiger partial charge in [-0.15, -0.1) is 0 Å². The quantitative estimate of drug-likeness (QED) is 0.947. The molecule has 1 N–H and O–H groups in total. The van der Waals surface area contributed by atoms with Crippen LogP contribution in [0.15, 0.2) is 36.5 Å². The SMILES string of the molecule is O=C(Nc1c(F)cccc1F)c1ccc(N2CCCC2)cn1. The van der Waals surface area contributed by atoms with E-state index in [9.17, 15) is 13.6 Å². The van der Waals surface area contributed by atoms with E-state index in [1.807, 2.05) is 0 Å². The Balaban J connectivity index is 1.75. The summed E-state index contributed by atoms with van der Waals surface area (Å²) in [6.07, 6.45) is 3.90. The maximum absolute atomic E-state index is 13.5. The molecule has 6 heteroatoms. The van der Waals surface area contributed by atoms with Gasteiger partial charge in [-0.05, 0) is 37.1 Å². The van der Waals surface area contributed by atoms with Gasteiger partial charge in [-0.2, -0.15) is 0 Å². The molecule has 0 saturated carbocycles. The van der Waals surface area contributed by atoms with Gasteiger partial charge >= 0.3 is 0 Å². The molecule has 2 heterocycles. The smallest absolute Gasteiger partial charge is 0.274 e. The summed E-state index contributed by atoms with van der Waals surface area (Å²) in [4.78, 5) is 18.3. The fourth-order valence-electron chi connectivity index (χ4n) is 2.48. The number of nitrogens with zero attached hydrogens (tertiary/aromatic N) is 2. The number of anilines is 2. The number of para-hydroxylation sites is 1. The molecular formula is C16H15F2N3O. The lowest BCUT2D eigenvalue weighted by atomic mass is 10.2. The van der Waals surface area contributed by atoms with Gasteiger partial charge < -0.3 is 10.2 Å². The van der Waals surface area contributed by atoms with Crippen LogP contribution in [0.4, 0.5) is 20.2 Å². The number of rotatable bonds is 3. The van der Waals surface area contributed by atoms with Crippen LogP contribution in [0.2, 0.25) is 0 Å². The lowest BCUT2D eigenvalue weighted by molar-refractivity contribution is 0.102. The number of pyridine rings is 1. The number of carbonyl (C=O) groups is 1. The van der Waals surface area contributed by atoms with Crippen LogP contribution < -0.4 is 10.2 Å². The van der Waals surface area contributed by atoms with Crippen molar-refractivity contribution in [3.8, 4) is 0 Å². The second-order valence-electron chi connectivity index (χ2n) is 5.15. The Labute approximate surface area is 126 Å². The Morgan fingerprint density at radius 2 is 1.77 bits per heavy atom. The summed E-state index contributed by atoms with van der Waals surface area (Å²) >= 11 is 0. The highest BCUT2D eigenvalue weighted by atomic mass is 19.1. The molecule has 1 aromatic heterocycles. The van der Waals surface area contributed by atoms with Crippen LogP contribution >= 0.6 is 0 Å². The van der Waals surface area contributed by atoms with Crippen molar-refractivity contribution in [3.05, 3.63) is 53.9 Å². The average molecular weight is 303 g/mol. The fourth-order valence-corrected chi connectivity index (χ4v) is 2.48. The van der Waals surface area contributed by atoms with E-state index in [4.69, 9.17) is 0 Å². The largest absolute Gasteiger partial charge is 0.370 e. The minimum absolute atomic E-state index is 0.116. The molecule has 0 radical (unpaired) electrons. The number of benzene rings is 1. The minimum atomic E-state index is -0.818. The molecule has 0 bridgehead atoms. The Bertz CT molecular complexity index is 662. The van der Waals surface area contributed by atoms with Crippen LogP contribution in [-0.4, -0.2) is 24.0 Å². The first kappa shape index (κ1) is 14.4. The van der Waals surface area contributed by atoms with Crippen molar-refractivity contribution >= 4 is 17.3 Å². The zero-order valence-corrected chi connectivity index (χ0v) is 11.9. The molecule has 1 aliphatic rings. The molecule has 1 saturated heterocycles.